The van der Waals surface area contributed by atoms with E-state index in [9.17, 15) is 13.5 Å². The van der Waals surface area contributed by atoms with Crippen molar-refractivity contribution >= 4 is 10.0 Å². The van der Waals surface area contributed by atoms with Crippen molar-refractivity contribution in [1.82, 2.24) is 14.1 Å². The minimum atomic E-state index is -3.74. The summed E-state index contributed by atoms with van der Waals surface area (Å²) in [6, 6.07) is 8.87. The molecule has 0 saturated carbocycles. The molecule has 0 spiro atoms. The fraction of sp³-hybridized carbons (Fsp3) is 0.438. The predicted molar refractivity (Wildman–Crippen MR) is 88.1 cm³/mol. The van der Waals surface area contributed by atoms with Crippen molar-refractivity contribution in [2.75, 3.05) is 6.61 Å². The van der Waals surface area contributed by atoms with Crippen LogP contribution in [0.5, 0.6) is 0 Å². The third kappa shape index (κ3) is 3.99. The van der Waals surface area contributed by atoms with Gasteiger partial charge in [0.25, 0.3) is 0 Å². The number of hydrogen-bond donors (Lipinski definition) is 1. The van der Waals surface area contributed by atoms with Crippen molar-refractivity contribution in [3.63, 3.8) is 0 Å². The van der Waals surface area contributed by atoms with Gasteiger partial charge in [-0.05, 0) is 11.5 Å². The smallest absolute Gasteiger partial charge is 0.246 e. The second-order valence-corrected chi connectivity index (χ2v) is 7.77. The molecule has 0 bridgehead atoms. The maximum atomic E-state index is 13.0. The molecule has 1 atom stereocenters. The van der Waals surface area contributed by atoms with Crippen molar-refractivity contribution in [1.29, 1.82) is 0 Å². The second kappa shape index (κ2) is 7.25. The van der Waals surface area contributed by atoms with Crippen LogP contribution in [0, 0.1) is 5.92 Å². The summed E-state index contributed by atoms with van der Waals surface area (Å²) in [4.78, 5) is 0.134. The highest BCUT2D eigenvalue weighted by Gasteiger charge is 2.33. The minimum absolute atomic E-state index is 0.0184. The maximum Gasteiger partial charge on any atom is 0.246 e. The highest BCUT2D eigenvalue weighted by molar-refractivity contribution is 7.89. The Morgan fingerprint density at radius 3 is 2.39 bits per heavy atom. The number of aromatic nitrogens is 2. The molecule has 0 radical (unpaired) electrons. The number of benzene rings is 1. The number of nitrogens with zero attached hydrogens (tertiary/aromatic N) is 3. The zero-order chi connectivity index (χ0) is 17.0. The van der Waals surface area contributed by atoms with E-state index in [0.29, 0.717) is 0 Å². The first-order valence-electron chi connectivity index (χ1n) is 7.51. The molecule has 2 rings (SSSR count). The molecule has 23 heavy (non-hydrogen) atoms. The lowest BCUT2D eigenvalue weighted by molar-refractivity contribution is 0.148. The van der Waals surface area contributed by atoms with E-state index in [4.69, 9.17) is 0 Å². The van der Waals surface area contributed by atoms with Crippen molar-refractivity contribution in [3.05, 3.63) is 48.3 Å². The summed E-state index contributed by atoms with van der Waals surface area (Å²) >= 11 is 0. The maximum absolute atomic E-state index is 13.0. The molecular formula is C16H23N3O3S. The number of aryl methyl sites for hydroxylation is 1. The summed E-state index contributed by atoms with van der Waals surface area (Å²) in [5.74, 6) is -0.0184. The van der Waals surface area contributed by atoms with Crippen LogP contribution < -0.4 is 0 Å². The van der Waals surface area contributed by atoms with Gasteiger partial charge in [0.05, 0.1) is 18.8 Å². The van der Waals surface area contributed by atoms with Crippen LogP contribution in [-0.4, -0.2) is 40.3 Å². The average Bonchev–Trinajstić information content (AvgIpc) is 2.95. The van der Waals surface area contributed by atoms with Gasteiger partial charge in [-0.3, -0.25) is 4.68 Å². The van der Waals surface area contributed by atoms with Crippen LogP contribution in [0.25, 0.3) is 0 Å². The first-order valence-corrected chi connectivity index (χ1v) is 8.95. The third-order valence-corrected chi connectivity index (χ3v) is 5.62. The van der Waals surface area contributed by atoms with E-state index in [2.05, 4.69) is 5.10 Å². The summed E-state index contributed by atoms with van der Waals surface area (Å²) in [7, 11) is -2.07. The van der Waals surface area contributed by atoms with Crippen molar-refractivity contribution in [2.45, 2.75) is 31.3 Å². The minimum Gasteiger partial charge on any atom is -0.395 e. The van der Waals surface area contributed by atoms with Crippen molar-refractivity contribution in [3.8, 4) is 0 Å². The van der Waals surface area contributed by atoms with Gasteiger partial charge in [-0.1, -0.05) is 44.2 Å². The quantitative estimate of drug-likeness (QED) is 0.833. The van der Waals surface area contributed by atoms with Gasteiger partial charge in [-0.2, -0.15) is 9.40 Å². The highest BCUT2D eigenvalue weighted by Crippen LogP contribution is 2.24. The number of sulfonamides is 1. The van der Waals surface area contributed by atoms with Gasteiger partial charge in [0.15, 0.2) is 0 Å². The molecule has 0 aliphatic heterocycles. The normalized spacial score (nSPS) is 13.7. The molecule has 0 unspecified atom stereocenters. The Bertz CT molecular complexity index is 726. The number of aliphatic hydroxyl groups excluding tert-OH is 1. The van der Waals surface area contributed by atoms with E-state index in [1.165, 1.54) is 21.4 Å². The molecule has 7 heteroatoms. The summed E-state index contributed by atoms with van der Waals surface area (Å²) < 4.78 is 28.9. The molecular weight excluding hydrogens is 314 g/mol. The van der Waals surface area contributed by atoms with Crippen LogP contribution in [0.1, 0.15) is 19.4 Å². The van der Waals surface area contributed by atoms with Crippen LogP contribution in [0.3, 0.4) is 0 Å². The Morgan fingerprint density at radius 1 is 1.26 bits per heavy atom. The molecule has 0 fully saturated rings. The lowest BCUT2D eigenvalue weighted by atomic mass is 10.1. The fourth-order valence-corrected chi connectivity index (χ4v) is 4.17. The molecule has 1 N–H and O–H groups in total. The number of rotatable bonds is 7. The second-order valence-electron chi connectivity index (χ2n) is 5.88. The van der Waals surface area contributed by atoms with Crippen LogP contribution in [-0.2, 0) is 23.6 Å². The van der Waals surface area contributed by atoms with Crippen LogP contribution in [0.15, 0.2) is 47.6 Å². The van der Waals surface area contributed by atoms with E-state index in [0.717, 1.165) is 5.56 Å². The molecule has 0 aliphatic rings. The zero-order valence-corrected chi connectivity index (χ0v) is 14.4. The Morgan fingerprint density at radius 2 is 1.91 bits per heavy atom. The largest absolute Gasteiger partial charge is 0.395 e. The first kappa shape index (κ1) is 17.7. The molecule has 1 heterocycles. The monoisotopic (exact) mass is 337 g/mol. The van der Waals surface area contributed by atoms with E-state index in [-0.39, 0.29) is 24.0 Å². The molecule has 1 aromatic carbocycles. The topological polar surface area (TPSA) is 75.4 Å². The molecule has 0 saturated heterocycles. The summed E-state index contributed by atoms with van der Waals surface area (Å²) in [5.41, 5.74) is 0.874. The van der Waals surface area contributed by atoms with Crippen LogP contribution in [0.4, 0.5) is 0 Å². The number of hydrogen-bond acceptors (Lipinski definition) is 4. The van der Waals surface area contributed by atoms with Gasteiger partial charge in [0.2, 0.25) is 10.0 Å². The Kier molecular flexibility index (Phi) is 5.56. The summed E-state index contributed by atoms with van der Waals surface area (Å²) in [6.07, 6.45) is 2.81. The SMILES string of the molecule is CC(C)[C@H](CO)N(Cc1ccccc1)S(=O)(=O)c1cnn(C)c1. The molecule has 126 valence electrons. The van der Waals surface area contributed by atoms with Crippen LogP contribution >= 0.6 is 0 Å². The molecule has 2 aromatic rings. The standard InChI is InChI=1S/C16H23N3O3S/c1-13(2)16(12-20)19(10-14-7-5-4-6-8-14)23(21,22)15-9-17-18(3)11-15/h4-9,11,13,16,20H,10,12H2,1-3H3/t16-/m0/s1. The van der Waals surface area contributed by atoms with Crippen molar-refractivity contribution < 1.29 is 13.5 Å². The van der Waals surface area contributed by atoms with Gasteiger partial charge in [-0.25, -0.2) is 8.42 Å². The predicted octanol–water partition coefficient (Wildman–Crippen LogP) is 1.63. The lowest BCUT2D eigenvalue weighted by Gasteiger charge is -2.32. The lowest BCUT2D eigenvalue weighted by Crippen LogP contribution is -2.44. The van der Waals surface area contributed by atoms with E-state index >= 15 is 0 Å². The molecule has 0 amide bonds. The molecule has 1 aromatic heterocycles. The summed E-state index contributed by atoms with van der Waals surface area (Å²) in [5, 5.41) is 13.7. The van der Waals surface area contributed by atoms with E-state index in [1.54, 1.807) is 7.05 Å². The van der Waals surface area contributed by atoms with Gasteiger partial charge in [0, 0.05) is 19.8 Å². The first-order chi connectivity index (χ1) is 10.9. The van der Waals surface area contributed by atoms with E-state index in [1.807, 2.05) is 44.2 Å². The summed E-state index contributed by atoms with van der Waals surface area (Å²) in [6.45, 7) is 3.78. The average molecular weight is 337 g/mol. The van der Waals surface area contributed by atoms with Gasteiger partial charge < -0.3 is 5.11 Å². The van der Waals surface area contributed by atoms with Gasteiger partial charge in [0.1, 0.15) is 4.90 Å². The third-order valence-electron chi connectivity index (χ3n) is 3.80. The fourth-order valence-electron chi connectivity index (χ4n) is 2.45. The van der Waals surface area contributed by atoms with Gasteiger partial charge in [-0.15, -0.1) is 0 Å². The van der Waals surface area contributed by atoms with Crippen molar-refractivity contribution in [2.24, 2.45) is 13.0 Å². The van der Waals surface area contributed by atoms with E-state index < -0.39 is 16.1 Å². The molecule has 6 nitrogen and oxygen atoms in total. The number of aliphatic hydroxyl groups is 1. The van der Waals surface area contributed by atoms with Gasteiger partial charge >= 0.3 is 0 Å². The Balaban J connectivity index is 2.44. The van der Waals surface area contributed by atoms with Crippen LogP contribution in [0.2, 0.25) is 0 Å². The Labute approximate surface area is 137 Å². The highest BCUT2D eigenvalue weighted by atomic mass is 32.2. The zero-order valence-electron chi connectivity index (χ0n) is 13.6. The molecule has 0 aliphatic carbocycles. The Hall–Kier alpha value is -1.70.